The summed E-state index contributed by atoms with van der Waals surface area (Å²) in [7, 11) is 0.704. The van der Waals surface area contributed by atoms with Crippen molar-refractivity contribution < 1.29 is 9.68 Å². The van der Waals surface area contributed by atoms with E-state index in [0.29, 0.717) is 12.8 Å². The molecule has 1 radical (unpaired) electrons. The van der Waals surface area contributed by atoms with Crippen molar-refractivity contribution in [3.63, 3.8) is 0 Å². The third-order valence-corrected chi connectivity index (χ3v) is 11.0. The molecule has 0 spiro atoms. The van der Waals surface area contributed by atoms with Crippen LogP contribution in [-0.4, -0.2) is 32.6 Å². The molecule has 323 valence electrons. The van der Waals surface area contributed by atoms with Gasteiger partial charge in [0.05, 0.1) is 40.9 Å². The van der Waals surface area contributed by atoms with Crippen LogP contribution in [0.5, 0.6) is 5.75 Å². The van der Waals surface area contributed by atoms with Crippen LogP contribution in [0.4, 0.5) is 0 Å². The smallest absolute Gasteiger partial charge is 0.537 e. The minimum atomic E-state index is 0.410. The van der Waals surface area contributed by atoms with E-state index in [9.17, 15) is 0 Å². The summed E-state index contributed by atoms with van der Waals surface area (Å²) < 4.78 is 4.90. The van der Waals surface area contributed by atoms with Crippen molar-refractivity contribution in [2.45, 2.75) is 83.1 Å². The molecule has 0 bridgehead atoms. The van der Waals surface area contributed by atoms with E-state index in [1.165, 1.54) is 61.2 Å². The Morgan fingerprint density at radius 1 is 0.422 bits per heavy atom. The Morgan fingerprint density at radius 2 is 0.750 bits per heavy atom. The summed E-state index contributed by atoms with van der Waals surface area (Å²) >= 11 is 6.12. The second-order valence-electron chi connectivity index (χ2n) is 17.1. The summed E-state index contributed by atoms with van der Waals surface area (Å²) in [4.78, 5) is 19.3. The summed E-state index contributed by atoms with van der Waals surface area (Å²) in [6, 6.07) is 38.2. The van der Waals surface area contributed by atoms with Crippen molar-refractivity contribution in [3.05, 3.63) is 194 Å². The van der Waals surface area contributed by atoms with Crippen LogP contribution in [0.1, 0.15) is 66.8 Å². The average Bonchev–Trinajstić information content (AvgIpc) is 3.21. The molecule has 0 aliphatic heterocycles. The van der Waals surface area contributed by atoms with E-state index >= 15 is 0 Å². The van der Waals surface area contributed by atoms with E-state index in [-0.39, 0.29) is 0 Å². The average molecular weight is 864 g/mol. The predicted octanol–water partition coefficient (Wildman–Crippen LogP) is 14.2. The first-order valence-electron chi connectivity index (χ1n) is 21.5. The molecule has 6 nitrogen and oxygen atoms in total. The van der Waals surface area contributed by atoms with Crippen molar-refractivity contribution in [2.24, 2.45) is 0 Å². The van der Waals surface area contributed by atoms with E-state index in [4.69, 9.17) is 31.2 Å². The Bertz CT molecular complexity index is 2840. The van der Waals surface area contributed by atoms with Crippen LogP contribution in [0.3, 0.4) is 0 Å². The molecule has 0 unspecified atom stereocenters. The van der Waals surface area contributed by atoms with Gasteiger partial charge in [-0.05, 0) is 154 Å². The standard InChI is InChI=1S/C28H28N2.C20H19ClN2.C8H10BO2/c1-17-10-18(2)13-23(12-17)27-28(24-14-19(3)11-20(4)15-24)30-25(16-29-27)26-21(5)8-7-9-22(26)6;1-12-5-13(2)8-16(7-12)19-20(23-18(21)11-22-19)17-9-14(3)6-15(4)10-17;1-6-4-3-5-7(2)8(6)11-9-10/h7-16H,1-6H3;5-11H,1-4H3;3-5,10H,1-2H3. The zero-order valence-corrected chi connectivity index (χ0v) is 39.9. The lowest BCUT2D eigenvalue weighted by Gasteiger charge is -2.15. The Kier molecular flexibility index (Phi) is 15.3. The summed E-state index contributed by atoms with van der Waals surface area (Å²) in [6.07, 6.45) is 3.54. The van der Waals surface area contributed by atoms with Crippen LogP contribution >= 0.6 is 11.6 Å². The number of hydrogen-bond donors (Lipinski definition) is 1. The number of para-hydroxylation sites is 1. The van der Waals surface area contributed by atoms with Gasteiger partial charge in [-0.2, -0.15) is 0 Å². The topological polar surface area (TPSA) is 81.0 Å². The number of halogens is 1. The van der Waals surface area contributed by atoms with Crippen molar-refractivity contribution >= 4 is 19.3 Å². The molecule has 2 aromatic heterocycles. The molecule has 0 aliphatic carbocycles. The highest BCUT2D eigenvalue weighted by atomic mass is 35.5. The molecule has 0 saturated heterocycles. The lowest BCUT2D eigenvalue weighted by Crippen LogP contribution is -2.02. The molecule has 6 aromatic carbocycles. The van der Waals surface area contributed by atoms with Crippen LogP contribution in [0.15, 0.2) is 122 Å². The number of aromatic nitrogens is 4. The third kappa shape index (κ3) is 11.8. The van der Waals surface area contributed by atoms with Gasteiger partial charge in [-0.3, -0.25) is 9.97 Å². The molecule has 0 atom stereocenters. The molecule has 1 N–H and O–H groups in total. The second kappa shape index (κ2) is 20.8. The molecule has 64 heavy (non-hydrogen) atoms. The van der Waals surface area contributed by atoms with Crippen molar-refractivity contribution in [1.82, 2.24) is 19.9 Å². The molecular formula is C56H57BClN4O2. The van der Waals surface area contributed by atoms with Crippen LogP contribution in [0.2, 0.25) is 5.15 Å². The number of nitrogens with zero attached hydrogens (tertiary/aromatic N) is 4. The van der Waals surface area contributed by atoms with Crippen LogP contribution in [0.25, 0.3) is 56.3 Å². The summed E-state index contributed by atoms with van der Waals surface area (Å²) in [6.45, 7) is 25.0. The number of hydrogen-bond acceptors (Lipinski definition) is 6. The van der Waals surface area contributed by atoms with Gasteiger partial charge in [0.25, 0.3) is 0 Å². The van der Waals surface area contributed by atoms with Gasteiger partial charge in [0, 0.05) is 27.8 Å². The van der Waals surface area contributed by atoms with Gasteiger partial charge in [-0.25, -0.2) is 9.97 Å². The van der Waals surface area contributed by atoms with Gasteiger partial charge in [0.2, 0.25) is 0 Å². The Morgan fingerprint density at radius 3 is 1.12 bits per heavy atom. The van der Waals surface area contributed by atoms with Gasteiger partial charge in [0.1, 0.15) is 10.9 Å². The predicted molar refractivity (Wildman–Crippen MR) is 268 cm³/mol. The minimum absolute atomic E-state index is 0.410. The lowest BCUT2D eigenvalue weighted by atomic mass is 9.96. The maximum atomic E-state index is 8.42. The van der Waals surface area contributed by atoms with Gasteiger partial charge in [0.15, 0.2) is 0 Å². The molecule has 0 fully saturated rings. The zero-order valence-electron chi connectivity index (χ0n) is 39.1. The van der Waals surface area contributed by atoms with Gasteiger partial charge in [-0.15, -0.1) is 0 Å². The van der Waals surface area contributed by atoms with Crippen molar-refractivity contribution in [1.29, 1.82) is 0 Å². The highest BCUT2D eigenvalue weighted by Crippen LogP contribution is 2.35. The maximum Gasteiger partial charge on any atom is 0.569 e. The van der Waals surface area contributed by atoms with Crippen molar-refractivity contribution in [2.75, 3.05) is 0 Å². The summed E-state index contributed by atoms with van der Waals surface area (Å²) in [5.41, 5.74) is 24.2. The molecule has 8 heteroatoms. The van der Waals surface area contributed by atoms with Crippen molar-refractivity contribution in [3.8, 4) is 62.0 Å². The Balaban J connectivity index is 0.000000176. The monoisotopic (exact) mass is 863 g/mol. The fraction of sp³-hybridized carbons (Fsp3) is 0.214. The molecule has 8 aromatic rings. The van der Waals surface area contributed by atoms with E-state index in [0.717, 1.165) is 67.6 Å². The SMILES string of the molecule is Cc1cc(C)cc(-c2ncc(-c3c(C)cccc3C)nc2-c2cc(C)cc(C)c2)c1.Cc1cc(C)cc(-c2ncc(Cl)nc2-c2cc(C)cc(C)c2)c1.Cc1cccc(C)c1O[B]O. The minimum Gasteiger partial charge on any atom is -0.537 e. The van der Waals surface area contributed by atoms with Gasteiger partial charge >= 0.3 is 7.69 Å². The fourth-order valence-electron chi connectivity index (χ4n) is 8.40. The van der Waals surface area contributed by atoms with E-state index < -0.39 is 0 Å². The molecule has 0 amide bonds. The Hall–Kier alpha value is -6.41. The van der Waals surface area contributed by atoms with Gasteiger partial charge < -0.3 is 9.68 Å². The number of rotatable bonds is 7. The van der Waals surface area contributed by atoms with Crippen LogP contribution in [0, 0.1) is 83.1 Å². The summed E-state index contributed by atoms with van der Waals surface area (Å²) in [5.74, 6) is 0.731. The molecule has 0 saturated carbocycles. The van der Waals surface area contributed by atoms with Crippen LogP contribution in [-0.2, 0) is 0 Å². The maximum absolute atomic E-state index is 8.42. The molecule has 2 heterocycles. The first-order valence-corrected chi connectivity index (χ1v) is 21.9. The Labute approximate surface area is 385 Å². The summed E-state index contributed by atoms with van der Waals surface area (Å²) in [5, 5.41) is 8.83. The normalized spacial score (nSPS) is 10.7. The van der Waals surface area contributed by atoms with E-state index in [1.54, 1.807) is 6.20 Å². The number of aryl methyl sites for hydroxylation is 12. The third-order valence-electron chi connectivity index (χ3n) is 10.8. The van der Waals surface area contributed by atoms with Gasteiger partial charge in [-0.1, -0.05) is 117 Å². The highest BCUT2D eigenvalue weighted by Gasteiger charge is 2.17. The first kappa shape index (κ1) is 47.1. The quantitative estimate of drug-likeness (QED) is 0.161. The molecular weight excluding hydrogens is 807 g/mol. The second-order valence-corrected chi connectivity index (χ2v) is 17.4. The fourth-order valence-corrected chi connectivity index (χ4v) is 8.54. The number of benzene rings is 6. The van der Waals surface area contributed by atoms with E-state index in [2.05, 4.69) is 170 Å². The molecule has 0 aliphatic rings. The highest BCUT2D eigenvalue weighted by molar-refractivity contribution is 6.29. The van der Waals surface area contributed by atoms with Crippen LogP contribution < -0.4 is 4.65 Å². The first-order chi connectivity index (χ1) is 30.5. The largest absolute Gasteiger partial charge is 0.569 e. The zero-order chi connectivity index (χ0) is 46.2. The lowest BCUT2D eigenvalue weighted by molar-refractivity contribution is 0.450. The molecule has 8 rings (SSSR count). The van der Waals surface area contributed by atoms with E-state index in [1.807, 2.05) is 38.2 Å².